The van der Waals surface area contributed by atoms with Gasteiger partial charge in [-0.2, -0.15) is 0 Å². The van der Waals surface area contributed by atoms with E-state index < -0.39 is 0 Å². The predicted octanol–water partition coefficient (Wildman–Crippen LogP) is 4.29. The van der Waals surface area contributed by atoms with Crippen LogP contribution in [0.5, 0.6) is 0 Å². The van der Waals surface area contributed by atoms with Crippen molar-refractivity contribution in [2.24, 2.45) is 0 Å². The van der Waals surface area contributed by atoms with E-state index in [1.165, 1.54) is 0 Å². The predicted molar refractivity (Wildman–Crippen MR) is 126 cm³/mol. The Hall–Kier alpha value is -3.54. The molecular weight excluding hydrogens is 388 g/mol. The highest BCUT2D eigenvalue weighted by molar-refractivity contribution is 5.95. The van der Waals surface area contributed by atoms with Gasteiger partial charge in [0.2, 0.25) is 0 Å². The molecule has 0 aliphatic carbocycles. The van der Waals surface area contributed by atoms with Crippen LogP contribution in [0.1, 0.15) is 16.8 Å². The number of hydrogen-bond acceptors (Lipinski definition) is 3. The van der Waals surface area contributed by atoms with Crippen molar-refractivity contribution in [2.45, 2.75) is 6.42 Å². The van der Waals surface area contributed by atoms with E-state index >= 15 is 0 Å². The molecule has 6 heteroatoms. The largest absolute Gasteiger partial charge is 0.378 e. The van der Waals surface area contributed by atoms with Gasteiger partial charge >= 0.3 is 6.03 Å². The molecule has 1 aliphatic heterocycles. The van der Waals surface area contributed by atoms with Gasteiger partial charge in [-0.05, 0) is 53.6 Å². The Bertz CT molecular complexity index is 1080. The topological polar surface area (TPSA) is 55.9 Å². The second-order valence-electron chi connectivity index (χ2n) is 8.07. The first-order chi connectivity index (χ1) is 15.0. The Labute approximate surface area is 183 Å². The Kier molecular flexibility index (Phi) is 6.07. The van der Waals surface area contributed by atoms with Crippen LogP contribution >= 0.6 is 0 Å². The van der Waals surface area contributed by atoms with Crippen molar-refractivity contribution in [3.63, 3.8) is 0 Å². The monoisotopic (exact) mass is 416 g/mol. The normalized spacial score (nSPS) is 14.3. The van der Waals surface area contributed by atoms with Crippen molar-refractivity contribution in [3.8, 4) is 0 Å². The molecule has 31 heavy (non-hydrogen) atoms. The van der Waals surface area contributed by atoms with Crippen molar-refractivity contribution >= 4 is 34.1 Å². The molecule has 0 spiro atoms. The van der Waals surface area contributed by atoms with Crippen LogP contribution in [0.15, 0.2) is 66.7 Å². The molecule has 3 aromatic carbocycles. The molecule has 0 aromatic heterocycles. The molecule has 3 aromatic rings. The number of urea groups is 1. The Morgan fingerprint density at radius 3 is 2.23 bits per heavy atom. The van der Waals surface area contributed by atoms with Gasteiger partial charge in [-0.25, -0.2) is 4.79 Å². The molecule has 0 bridgehead atoms. The lowest BCUT2D eigenvalue weighted by molar-refractivity contribution is 0.0762. The molecule has 0 atom stereocenters. The highest BCUT2D eigenvalue weighted by atomic mass is 16.2. The zero-order valence-electron chi connectivity index (χ0n) is 18.0. The van der Waals surface area contributed by atoms with E-state index in [0.717, 1.165) is 28.6 Å². The van der Waals surface area contributed by atoms with E-state index in [-0.39, 0.29) is 11.9 Å². The summed E-state index contributed by atoms with van der Waals surface area (Å²) in [5.74, 6) is 0.0158. The first kappa shape index (κ1) is 20.7. The van der Waals surface area contributed by atoms with E-state index in [2.05, 4.69) is 11.4 Å². The Balaban J connectivity index is 1.37. The molecule has 0 radical (unpaired) electrons. The summed E-state index contributed by atoms with van der Waals surface area (Å²) in [5.41, 5.74) is 2.52. The van der Waals surface area contributed by atoms with Gasteiger partial charge in [-0.1, -0.05) is 30.3 Å². The molecule has 1 saturated heterocycles. The number of nitrogens with one attached hydrogen (secondary N) is 1. The third kappa shape index (κ3) is 4.79. The second-order valence-corrected chi connectivity index (χ2v) is 8.07. The average molecular weight is 417 g/mol. The molecule has 4 rings (SSSR count). The maximum absolute atomic E-state index is 12.9. The number of hydrogen-bond donors (Lipinski definition) is 1. The number of benzene rings is 3. The fourth-order valence-corrected chi connectivity index (χ4v) is 3.88. The van der Waals surface area contributed by atoms with E-state index in [1.807, 2.05) is 84.6 Å². The van der Waals surface area contributed by atoms with E-state index in [0.29, 0.717) is 31.7 Å². The summed E-state index contributed by atoms with van der Waals surface area (Å²) in [6.07, 6.45) is 0.757. The maximum Gasteiger partial charge on any atom is 0.321 e. The molecule has 3 amide bonds. The lowest BCUT2D eigenvalue weighted by Gasteiger charge is -2.23. The third-order valence-electron chi connectivity index (χ3n) is 5.70. The van der Waals surface area contributed by atoms with Gasteiger partial charge < -0.3 is 20.0 Å². The van der Waals surface area contributed by atoms with Crippen molar-refractivity contribution in [1.82, 2.24) is 9.80 Å². The quantitative estimate of drug-likeness (QED) is 0.693. The average Bonchev–Trinajstić information content (AvgIpc) is 3.05. The van der Waals surface area contributed by atoms with Gasteiger partial charge in [-0.15, -0.1) is 0 Å². The number of amides is 3. The standard InChI is InChI=1S/C25H28N4O2/c1-27(2)23-12-9-20(10-13-23)24(30)28-14-5-15-29(17-16-28)25(31)26-22-11-8-19-6-3-4-7-21(19)18-22/h3-4,6-13,18H,5,14-17H2,1-2H3,(H,26,31). The summed E-state index contributed by atoms with van der Waals surface area (Å²) in [6.45, 7) is 2.32. The molecule has 1 heterocycles. The molecule has 0 saturated carbocycles. The molecule has 1 fully saturated rings. The smallest absolute Gasteiger partial charge is 0.321 e. The Morgan fingerprint density at radius 2 is 1.48 bits per heavy atom. The third-order valence-corrected chi connectivity index (χ3v) is 5.70. The maximum atomic E-state index is 12.9. The lowest BCUT2D eigenvalue weighted by atomic mass is 10.1. The highest BCUT2D eigenvalue weighted by Gasteiger charge is 2.23. The van der Waals surface area contributed by atoms with Crippen LogP contribution in [-0.4, -0.2) is 62.0 Å². The minimum Gasteiger partial charge on any atom is -0.378 e. The van der Waals surface area contributed by atoms with Crippen molar-refractivity contribution in [1.29, 1.82) is 0 Å². The minimum atomic E-state index is -0.125. The van der Waals surface area contributed by atoms with Gasteiger partial charge in [-0.3, -0.25) is 4.79 Å². The van der Waals surface area contributed by atoms with Crippen LogP contribution in [0.25, 0.3) is 10.8 Å². The van der Waals surface area contributed by atoms with Gasteiger partial charge in [0.15, 0.2) is 0 Å². The fraction of sp³-hybridized carbons (Fsp3) is 0.280. The SMILES string of the molecule is CN(C)c1ccc(C(=O)N2CCCN(C(=O)Nc3ccc4ccccc4c3)CC2)cc1. The first-order valence-electron chi connectivity index (χ1n) is 10.6. The van der Waals surface area contributed by atoms with Gasteiger partial charge in [0.25, 0.3) is 5.91 Å². The lowest BCUT2D eigenvalue weighted by Crippen LogP contribution is -2.39. The molecule has 6 nitrogen and oxygen atoms in total. The molecule has 160 valence electrons. The summed E-state index contributed by atoms with van der Waals surface area (Å²) in [7, 11) is 3.95. The molecule has 1 aliphatic rings. The van der Waals surface area contributed by atoms with Crippen LogP contribution < -0.4 is 10.2 Å². The second kappa shape index (κ2) is 9.08. The van der Waals surface area contributed by atoms with E-state index in [9.17, 15) is 9.59 Å². The van der Waals surface area contributed by atoms with Crippen molar-refractivity contribution in [3.05, 3.63) is 72.3 Å². The summed E-state index contributed by atoms with van der Waals surface area (Å²) in [6, 6.07) is 21.5. The van der Waals surface area contributed by atoms with Crippen LogP contribution in [0.3, 0.4) is 0 Å². The van der Waals surface area contributed by atoms with Gasteiger partial charge in [0, 0.05) is 57.2 Å². The zero-order valence-corrected chi connectivity index (χ0v) is 18.0. The number of fused-ring (bicyclic) bond motifs is 1. The van der Waals surface area contributed by atoms with Crippen molar-refractivity contribution < 1.29 is 9.59 Å². The number of nitrogens with zero attached hydrogens (tertiary/aromatic N) is 3. The fourth-order valence-electron chi connectivity index (χ4n) is 3.88. The highest BCUT2D eigenvalue weighted by Crippen LogP contribution is 2.20. The first-order valence-corrected chi connectivity index (χ1v) is 10.6. The minimum absolute atomic E-state index is 0.0158. The summed E-state index contributed by atoms with van der Waals surface area (Å²) >= 11 is 0. The van der Waals surface area contributed by atoms with E-state index in [4.69, 9.17) is 0 Å². The van der Waals surface area contributed by atoms with Crippen LogP contribution in [0.4, 0.5) is 16.2 Å². The summed E-state index contributed by atoms with van der Waals surface area (Å²) < 4.78 is 0. The number of carbonyl (C=O) groups excluding carboxylic acids is 2. The van der Waals surface area contributed by atoms with Gasteiger partial charge in [0.1, 0.15) is 0 Å². The summed E-state index contributed by atoms with van der Waals surface area (Å²) in [5, 5.41) is 5.24. The number of carbonyl (C=O) groups is 2. The zero-order chi connectivity index (χ0) is 21.8. The number of anilines is 2. The molecule has 0 unspecified atom stereocenters. The number of rotatable bonds is 3. The summed E-state index contributed by atoms with van der Waals surface area (Å²) in [4.78, 5) is 31.4. The molecule has 1 N–H and O–H groups in total. The van der Waals surface area contributed by atoms with Crippen LogP contribution in [0.2, 0.25) is 0 Å². The molecular formula is C25H28N4O2. The van der Waals surface area contributed by atoms with E-state index in [1.54, 1.807) is 4.90 Å². The Morgan fingerprint density at radius 1 is 0.806 bits per heavy atom. The van der Waals surface area contributed by atoms with Crippen LogP contribution in [0, 0.1) is 0 Å². The van der Waals surface area contributed by atoms with Crippen LogP contribution in [-0.2, 0) is 0 Å². The van der Waals surface area contributed by atoms with Crippen molar-refractivity contribution in [2.75, 3.05) is 50.5 Å². The van der Waals surface area contributed by atoms with Gasteiger partial charge in [0.05, 0.1) is 0 Å².